The lowest BCUT2D eigenvalue weighted by Gasteiger charge is -2.11. The zero-order valence-electron chi connectivity index (χ0n) is 11.1. The molecule has 0 atom stereocenters. The quantitative estimate of drug-likeness (QED) is 0.801. The molecule has 0 bridgehead atoms. The summed E-state index contributed by atoms with van der Waals surface area (Å²) >= 11 is 6.08. The van der Waals surface area contributed by atoms with Crippen LogP contribution in [0.1, 0.15) is 6.42 Å². The monoisotopic (exact) mass is 290 g/mol. The van der Waals surface area contributed by atoms with Crippen LogP contribution >= 0.6 is 11.6 Å². The molecule has 20 heavy (non-hydrogen) atoms. The Labute approximate surface area is 120 Å². The number of nitrogens with zero attached hydrogens (tertiary/aromatic N) is 3. The molecule has 0 unspecified atom stereocenters. The Balaban J connectivity index is 2.47. The third-order valence-corrected chi connectivity index (χ3v) is 3.71. The van der Waals surface area contributed by atoms with E-state index in [2.05, 4.69) is 4.98 Å². The largest absolute Gasteiger partial charge is 0.330 e. The average molecular weight is 291 g/mol. The number of imidazole rings is 1. The van der Waals surface area contributed by atoms with Gasteiger partial charge in [-0.3, -0.25) is 4.79 Å². The van der Waals surface area contributed by atoms with Gasteiger partial charge in [0, 0.05) is 24.0 Å². The van der Waals surface area contributed by atoms with Crippen molar-refractivity contribution in [2.45, 2.75) is 13.0 Å². The van der Waals surface area contributed by atoms with Crippen molar-refractivity contribution in [2.75, 3.05) is 6.54 Å². The molecule has 1 aromatic carbocycles. The van der Waals surface area contributed by atoms with E-state index >= 15 is 0 Å². The molecule has 0 aliphatic rings. The normalized spacial score (nSPS) is 11.6. The first kappa shape index (κ1) is 13.1. The highest BCUT2D eigenvalue weighted by atomic mass is 35.5. The molecule has 0 saturated carbocycles. The molecule has 104 valence electrons. The molecule has 0 amide bonds. The molecule has 2 heterocycles. The third kappa shape index (κ3) is 1.90. The van der Waals surface area contributed by atoms with Gasteiger partial charge in [0.2, 0.25) is 0 Å². The van der Waals surface area contributed by atoms with Gasteiger partial charge >= 0.3 is 0 Å². The number of aryl methyl sites for hydroxylation is 2. The van der Waals surface area contributed by atoms with Gasteiger partial charge in [0.05, 0.1) is 11.8 Å². The van der Waals surface area contributed by atoms with Crippen molar-refractivity contribution >= 4 is 33.5 Å². The fraction of sp³-hybridized carbons (Fsp3) is 0.286. The van der Waals surface area contributed by atoms with E-state index in [1.54, 1.807) is 21.5 Å². The lowest BCUT2D eigenvalue weighted by molar-refractivity contribution is 0.652. The average Bonchev–Trinajstić information content (AvgIpc) is 2.82. The van der Waals surface area contributed by atoms with Crippen LogP contribution < -0.4 is 11.3 Å². The summed E-state index contributed by atoms with van der Waals surface area (Å²) in [7, 11) is 1.82. The molecule has 3 rings (SSSR count). The Hall–Kier alpha value is -1.85. The van der Waals surface area contributed by atoms with Crippen LogP contribution in [0.5, 0.6) is 0 Å². The summed E-state index contributed by atoms with van der Waals surface area (Å²) < 4.78 is 3.50. The van der Waals surface area contributed by atoms with Crippen molar-refractivity contribution in [2.24, 2.45) is 12.8 Å². The van der Waals surface area contributed by atoms with Gasteiger partial charge in [-0.1, -0.05) is 11.6 Å². The van der Waals surface area contributed by atoms with E-state index in [-0.39, 0.29) is 5.56 Å². The highest BCUT2D eigenvalue weighted by Crippen LogP contribution is 2.24. The van der Waals surface area contributed by atoms with Gasteiger partial charge in [-0.05, 0) is 31.2 Å². The van der Waals surface area contributed by atoms with E-state index < -0.39 is 0 Å². The molecule has 2 N–H and O–H groups in total. The summed E-state index contributed by atoms with van der Waals surface area (Å²) in [5.74, 6) is 0. The molecule has 6 heteroatoms. The standard InChI is InChI=1S/C14H15ClN4O/c1-18-8-17-12-10-7-9(15)3-4-11(10)19(6-2-5-16)14(20)13(12)18/h3-4,7-8H,2,5-6,16H2,1H3. The van der Waals surface area contributed by atoms with Crippen LogP contribution in [-0.2, 0) is 13.6 Å². The van der Waals surface area contributed by atoms with Gasteiger partial charge in [-0.2, -0.15) is 0 Å². The Morgan fingerprint density at radius 1 is 1.40 bits per heavy atom. The van der Waals surface area contributed by atoms with Crippen molar-refractivity contribution < 1.29 is 0 Å². The summed E-state index contributed by atoms with van der Waals surface area (Å²) in [6.07, 6.45) is 2.40. The topological polar surface area (TPSA) is 65.8 Å². The molecule has 5 nitrogen and oxygen atoms in total. The number of fused-ring (bicyclic) bond motifs is 3. The minimum absolute atomic E-state index is 0.0386. The van der Waals surface area contributed by atoms with Gasteiger partial charge in [0.15, 0.2) is 0 Å². The lowest BCUT2D eigenvalue weighted by atomic mass is 10.1. The second-order valence-corrected chi connectivity index (χ2v) is 5.25. The summed E-state index contributed by atoms with van der Waals surface area (Å²) in [5.41, 5.74) is 7.66. The molecule has 3 aromatic rings. The lowest BCUT2D eigenvalue weighted by Crippen LogP contribution is -2.23. The molecule has 0 fully saturated rings. The fourth-order valence-electron chi connectivity index (χ4n) is 2.52. The third-order valence-electron chi connectivity index (χ3n) is 3.48. The first-order valence-corrected chi connectivity index (χ1v) is 6.84. The van der Waals surface area contributed by atoms with Gasteiger partial charge in [0.1, 0.15) is 11.0 Å². The van der Waals surface area contributed by atoms with E-state index in [0.29, 0.717) is 29.1 Å². The van der Waals surface area contributed by atoms with Crippen LogP contribution in [0.2, 0.25) is 5.02 Å². The number of halogens is 1. The maximum atomic E-state index is 12.6. The molecule has 0 aliphatic heterocycles. The molecule has 0 saturated heterocycles. The van der Waals surface area contributed by atoms with Gasteiger partial charge in [0.25, 0.3) is 5.56 Å². The summed E-state index contributed by atoms with van der Waals surface area (Å²) in [5, 5.41) is 1.53. The maximum Gasteiger partial charge on any atom is 0.277 e. The van der Waals surface area contributed by atoms with Gasteiger partial charge in [-0.25, -0.2) is 4.98 Å². The Morgan fingerprint density at radius 2 is 2.20 bits per heavy atom. The van der Waals surface area contributed by atoms with Crippen LogP contribution in [0.25, 0.3) is 21.9 Å². The van der Waals surface area contributed by atoms with Crippen LogP contribution in [0.3, 0.4) is 0 Å². The van der Waals surface area contributed by atoms with Crippen molar-refractivity contribution in [3.8, 4) is 0 Å². The van der Waals surface area contributed by atoms with Crippen LogP contribution in [0.15, 0.2) is 29.3 Å². The number of aromatic nitrogens is 3. The molecule has 0 radical (unpaired) electrons. The van der Waals surface area contributed by atoms with Crippen LogP contribution in [0.4, 0.5) is 0 Å². The second-order valence-electron chi connectivity index (χ2n) is 4.81. The molecule has 2 aromatic heterocycles. The first-order valence-electron chi connectivity index (χ1n) is 6.46. The summed E-state index contributed by atoms with van der Waals surface area (Å²) in [4.78, 5) is 17.0. The van der Waals surface area contributed by atoms with Crippen LogP contribution in [-0.4, -0.2) is 20.7 Å². The molecular formula is C14H15ClN4O. The van der Waals surface area contributed by atoms with Crippen LogP contribution in [0, 0.1) is 0 Å². The predicted octanol–water partition coefficient (Wildman–Crippen LogP) is 1.89. The first-order chi connectivity index (χ1) is 9.63. The Kier molecular flexibility index (Phi) is 3.23. The van der Waals surface area contributed by atoms with E-state index in [1.165, 1.54) is 0 Å². The van der Waals surface area contributed by atoms with Crippen molar-refractivity contribution in [1.82, 2.24) is 14.1 Å². The van der Waals surface area contributed by atoms with E-state index in [4.69, 9.17) is 17.3 Å². The van der Waals surface area contributed by atoms with E-state index in [0.717, 1.165) is 17.3 Å². The van der Waals surface area contributed by atoms with Crippen molar-refractivity contribution in [3.05, 3.63) is 39.9 Å². The Bertz CT molecular complexity index is 850. The zero-order valence-corrected chi connectivity index (χ0v) is 11.9. The minimum Gasteiger partial charge on any atom is -0.330 e. The van der Waals surface area contributed by atoms with E-state index in [9.17, 15) is 4.79 Å². The Morgan fingerprint density at radius 3 is 2.95 bits per heavy atom. The number of nitrogens with two attached hydrogens (primary N) is 1. The number of rotatable bonds is 3. The number of pyridine rings is 1. The number of hydrogen-bond donors (Lipinski definition) is 1. The maximum absolute atomic E-state index is 12.6. The highest BCUT2D eigenvalue weighted by Gasteiger charge is 2.14. The smallest absolute Gasteiger partial charge is 0.277 e. The van der Waals surface area contributed by atoms with Gasteiger partial charge < -0.3 is 14.9 Å². The zero-order chi connectivity index (χ0) is 14.3. The highest BCUT2D eigenvalue weighted by molar-refractivity contribution is 6.31. The summed E-state index contributed by atoms with van der Waals surface area (Å²) in [6, 6.07) is 5.51. The second kappa shape index (κ2) is 4.92. The van der Waals surface area contributed by atoms with E-state index in [1.807, 2.05) is 19.2 Å². The number of hydrogen-bond acceptors (Lipinski definition) is 3. The number of benzene rings is 1. The van der Waals surface area contributed by atoms with Gasteiger partial charge in [-0.15, -0.1) is 0 Å². The molecule has 0 aliphatic carbocycles. The fourth-order valence-corrected chi connectivity index (χ4v) is 2.69. The molecular weight excluding hydrogens is 276 g/mol. The minimum atomic E-state index is -0.0386. The van der Waals surface area contributed by atoms with Crippen molar-refractivity contribution in [1.29, 1.82) is 0 Å². The predicted molar refractivity (Wildman–Crippen MR) is 81.2 cm³/mol. The summed E-state index contributed by atoms with van der Waals surface area (Å²) in [6.45, 7) is 1.14. The van der Waals surface area contributed by atoms with Crippen molar-refractivity contribution in [3.63, 3.8) is 0 Å². The molecule has 0 spiro atoms. The SMILES string of the molecule is Cn1cnc2c3cc(Cl)ccc3n(CCCN)c(=O)c21.